The van der Waals surface area contributed by atoms with Gasteiger partial charge in [0.05, 0.1) is 17.0 Å². The van der Waals surface area contributed by atoms with Crippen LogP contribution in [0.25, 0.3) is 0 Å². The molecule has 92 valence electrons. The standard InChI is InChI=1S/C14H15N3O/c15-8-10-2-1-3-12(6-10)17-13(18)14-4-5-16-9-11(14)7-14/h1-3,6,11,16H,4-5,7,9H2,(H,17,18). The third-order valence-electron chi connectivity index (χ3n) is 4.07. The van der Waals surface area contributed by atoms with Gasteiger partial charge in [-0.1, -0.05) is 6.07 Å². The Morgan fingerprint density at radius 2 is 2.44 bits per heavy atom. The van der Waals surface area contributed by atoms with Crippen molar-refractivity contribution >= 4 is 11.6 Å². The number of piperidine rings is 1. The maximum atomic E-state index is 12.3. The molecule has 1 saturated carbocycles. The van der Waals surface area contributed by atoms with Crippen molar-refractivity contribution < 1.29 is 4.79 Å². The Morgan fingerprint density at radius 1 is 1.56 bits per heavy atom. The smallest absolute Gasteiger partial charge is 0.230 e. The van der Waals surface area contributed by atoms with E-state index in [1.54, 1.807) is 18.2 Å². The lowest BCUT2D eigenvalue weighted by Crippen LogP contribution is -2.36. The number of fused-ring (bicyclic) bond motifs is 1. The molecule has 2 aliphatic rings. The lowest BCUT2D eigenvalue weighted by molar-refractivity contribution is -0.122. The van der Waals surface area contributed by atoms with Gasteiger partial charge in [-0.15, -0.1) is 0 Å². The third-order valence-corrected chi connectivity index (χ3v) is 4.07. The third kappa shape index (κ3) is 1.77. The second kappa shape index (κ2) is 4.11. The van der Waals surface area contributed by atoms with Crippen LogP contribution < -0.4 is 10.6 Å². The van der Waals surface area contributed by atoms with Crippen LogP contribution in [0.5, 0.6) is 0 Å². The summed E-state index contributed by atoms with van der Waals surface area (Å²) in [7, 11) is 0. The molecule has 1 aromatic carbocycles. The predicted octanol–water partition coefficient (Wildman–Crippen LogP) is 1.50. The van der Waals surface area contributed by atoms with E-state index in [1.165, 1.54) is 0 Å². The van der Waals surface area contributed by atoms with Crippen molar-refractivity contribution in [1.82, 2.24) is 5.32 Å². The summed E-state index contributed by atoms with van der Waals surface area (Å²) in [5.41, 5.74) is 1.15. The number of nitrogens with zero attached hydrogens (tertiary/aromatic N) is 1. The minimum absolute atomic E-state index is 0.115. The number of hydrogen-bond acceptors (Lipinski definition) is 3. The van der Waals surface area contributed by atoms with Gasteiger partial charge in [0, 0.05) is 5.69 Å². The summed E-state index contributed by atoms with van der Waals surface area (Å²) < 4.78 is 0. The van der Waals surface area contributed by atoms with Gasteiger partial charge in [-0.05, 0) is 50.0 Å². The summed E-state index contributed by atoms with van der Waals surface area (Å²) in [5.74, 6) is 0.606. The van der Waals surface area contributed by atoms with Crippen molar-refractivity contribution in [2.24, 2.45) is 11.3 Å². The molecule has 2 unspecified atom stereocenters. The van der Waals surface area contributed by atoms with E-state index < -0.39 is 0 Å². The van der Waals surface area contributed by atoms with Crippen LogP contribution in [0.3, 0.4) is 0 Å². The molecule has 1 heterocycles. The minimum atomic E-state index is -0.145. The minimum Gasteiger partial charge on any atom is -0.326 e. The quantitative estimate of drug-likeness (QED) is 0.824. The maximum absolute atomic E-state index is 12.3. The van der Waals surface area contributed by atoms with Crippen LogP contribution in [0.4, 0.5) is 5.69 Å². The second-order valence-electron chi connectivity index (χ2n) is 5.16. The highest BCUT2D eigenvalue weighted by molar-refractivity contribution is 5.97. The maximum Gasteiger partial charge on any atom is 0.230 e. The van der Waals surface area contributed by atoms with Crippen LogP contribution in [0.2, 0.25) is 0 Å². The molecule has 2 atom stereocenters. The number of nitriles is 1. The van der Waals surface area contributed by atoms with E-state index in [4.69, 9.17) is 5.26 Å². The van der Waals surface area contributed by atoms with E-state index in [0.717, 1.165) is 31.6 Å². The fourth-order valence-electron chi connectivity index (χ4n) is 2.86. The topological polar surface area (TPSA) is 64.9 Å². The van der Waals surface area contributed by atoms with Crippen LogP contribution in [0, 0.1) is 22.7 Å². The highest BCUT2D eigenvalue weighted by Crippen LogP contribution is 2.56. The van der Waals surface area contributed by atoms with Gasteiger partial charge < -0.3 is 10.6 Å². The molecule has 3 rings (SSSR count). The normalized spacial score (nSPS) is 28.9. The summed E-state index contributed by atoms with van der Waals surface area (Å²) in [6, 6.07) is 9.15. The molecule has 4 nitrogen and oxygen atoms in total. The number of rotatable bonds is 2. The largest absolute Gasteiger partial charge is 0.326 e. The molecule has 0 aromatic heterocycles. The molecule has 1 saturated heterocycles. The number of carbonyl (C=O) groups excluding carboxylic acids is 1. The molecular formula is C14H15N3O. The van der Waals surface area contributed by atoms with E-state index in [1.807, 2.05) is 6.07 Å². The first kappa shape index (κ1) is 11.2. The molecule has 1 aliphatic carbocycles. The first-order valence-electron chi connectivity index (χ1n) is 6.27. The summed E-state index contributed by atoms with van der Waals surface area (Å²) in [4.78, 5) is 12.3. The molecule has 2 N–H and O–H groups in total. The molecular weight excluding hydrogens is 226 g/mol. The van der Waals surface area contributed by atoms with Crippen LogP contribution >= 0.6 is 0 Å². The highest BCUT2D eigenvalue weighted by atomic mass is 16.2. The van der Waals surface area contributed by atoms with Crippen molar-refractivity contribution in [1.29, 1.82) is 5.26 Å². The van der Waals surface area contributed by atoms with Gasteiger partial charge in [-0.2, -0.15) is 5.26 Å². The summed E-state index contributed by atoms with van der Waals surface area (Å²) in [5, 5.41) is 15.1. The molecule has 0 radical (unpaired) electrons. The van der Waals surface area contributed by atoms with Crippen LogP contribution in [0.1, 0.15) is 18.4 Å². The van der Waals surface area contributed by atoms with Crippen molar-refractivity contribution in [2.75, 3.05) is 18.4 Å². The highest BCUT2D eigenvalue weighted by Gasteiger charge is 2.60. The van der Waals surface area contributed by atoms with Crippen molar-refractivity contribution in [2.45, 2.75) is 12.8 Å². The SMILES string of the molecule is N#Cc1cccc(NC(=O)C23CCNCC2C3)c1. The van der Waals surface area contributed by atoms with Gasteiger partial charge in [-0.25, -0.2) is 0 Å². The van der Waals surface area contributed by atoms with Gasteiger partial charge in [0.2, 0.25) is 5.91 Å². The number of amides is 1. The lowest BCUT2D eigenvalue weighted by Gasteiger charge is -2.22. The number of anilines is 1. The van der Waals surface area contributed by atoms with E-state index in [9.17, 15) is 4.79 Å². The Bertz CT molecular complexity index is 534. The van der Waals surface area contributed by atoms with Crippen LogP contribution in [-0.2, 0) is 4.79 Å². The zero-order chi connectivity index (χ0) is 12.6. The number of carbonyl (C=O) groups is 1. The van der Waals surface area contributed by atoms with Crippen molar-refractivity contribution in [3.05, 3.63) is 29.8 Å². The molecule has 1 aliphatic heterocycles. The summed E-state index contributed by atoms with van der Waals surface area (Å²) >= 11 is 0. The first-order valence-corrected chi connectivity index (χ1v) is 6.27. The molecule has 0 spiro atoms. The Labute approximate surface area is 106 Å². The zero-order valence-electron chi connectivity index (χ0n) is 10.1. The average Bonchev–Trinajstić information content (AvgIpc) is 3.15. The van der Waals surface area contributed by atoms with Crippen LogP contribution in [-0.4, -0.2) is 19.0 Å². The van der Waals surface area contributed by atoms with Crippen molar-refractivity contribution in [3.8, 4) is 6.07 Å². The second-order valence-corrected chi connectivity index (χ2v) is 5.16. The molecule has 1 amide bonds. The monoisotopic (exact) mass is 241 g/mol. The molecule has 18 heavy (non-hydrogen) atoms. The Kier molecular flexibility index (Phi) is 2.57. The fourth-order valence-corrected chi connectivity index (χ4v) is 2.86. The molecule has 0 bridgehead atoms. The zero-order valence-corrected chi connectivity index (χ0v) is 10.1. The average molecular weight is 241 g/mol. The van der Waals surface area contributed by atoms with Gasteiger partial charge in [-0.3, -0.25) is 4.79 Å². The van der Waals surface area contributed by atoms with Gasteiger partial charge in [0.1, 0.15) is 0 Å². The molecule has 1 aromatic rings. The van der Waals surface area contributed by atoms with E-state index >= 15 is 0 Å². The van der Waals surface area contributed by atoms with E-state index in [0.29, 0.717) is 11.5 Å². The van der Waals surface area contributed by atoms with Crippen molar-refractivity contribution in [3.63, 3.8) is 0 Å². The number of hydrogen-bond donors (Lipinski definition) is 2. The lowest BCUT2D eigenvalue weighted by atomic mass is 9.95. The molecule has 4 heteroatoms. The van der Waals surface area contributed by atoms with Crippen LogP contribution in [0.15, 0.2) is 24.3 Å². The fraction of sp³-hybridized carbons (Fsp3) is 0.429. The van der Waals surface area contributed by atoms with Gasteiger partial charge in [0.25, 0.3) is 0 Å². The van der Waals surface area contributed by atoms with E-state index in [2.05, 4.69) is 16.7 Å². The Balaban J connectivity index is 1.73. The summed E-state index contributed by atoms with van der Waals surface area (Å²) in [6.45, 7) is 1.87. The summed E-state index contributed by atoms with van der Waals surface area (Å²) in [6.07, 6.45) is 1.91. The van der Waals surface area contributed by atoms with E-state index in [-0.39, 0.29) is 11.3 Å². The first-order chi connectivity index (χ1) is 8.74. The Morgan fingerprint density at radius 3 is 3.22 bits per heavy atom. The van der Waals surface area contributed by atoms with Gasteiger partial charge in [0.15, 0.2) is 0 Å². The van der Waals surface area contributed by atoms with Gasteiger partial charge >= 0.3 is 0 Å². The number of nitrogens with one attached hydrogen (secondary N) is 2. The molecule has 2 fully saturated rings. The predicted molar refractivity (Wildman–Crippen MR) is 67.8 cm³/mol. The number of benzene rings is 1. The Hall–Kier alpha value is -1.86.